The molecule has 0 saturated heterocycles. The van der Waals surface area contributed by atoms with Gasteiger partial charge in [-0.15, -0.1) is 0 Å². The first kappa shape index (κ1) is 688. The van der Waals surface area contributed by atoms with Crippen LogP contribution in [0.15, 0.2) is 0 Å². The lowest BCUT2D eigenvalue weighted by Gasteiger charge is -0.345. The van der Waals surface area contributed by atoms with Crippen molar-refractivity contribution in [3.8, 4) is 0 Å². The number of hydrogen-bond acceptors (Lipinski definition) is 4. The van der Waals surface area contributed by atoms with Crippen LogP contribution in [0, 0.1) is 0 Å². The highest BCUT2D eigenvalue weighted by Crippen LogP contribution is 0.649. The lowest BCUT2D eigenvalue weighted by molar-refractivity contribution is 2.13. The number of hydrogen-bond donors (Lipinski definition) is 4. The van der Waals surface area contributed by atoms with Crippen molar-refractivity contribution < 1.29 is 0 Å². The van der Waals surface area contributed by atoms with E-state index in [4.69, 9.17) is 0 Å². The topological polar surface area (TPSA) is 140 Å². The molecule has 0 heterocycles. The Morgan fingerprint density at radius 1 is 0.333 bits per heavy atom. The van der Waals surface area contributed by atoms with Crippen LogP contribution in [0.5, 0.6) is 0 Å². The fraction of sp³-hybridized carbons (Fsp3) is 0. The van der Waals surface area contributed by atoms with Gasteiger partial charge in [0.2, 0.25) is 0 Å². The average Bonchev–Trinajstić information content (AvgIpc) is 0. The van der Waals surface area contributed by atoms with Crippen LogP contribution < -0.4 is 24.6 Å². The molecule has 12 N–H and O–H groups in total. The molecule has 6 heteroatoms. The zero-order chi connectivity index (χ0) is 0. The van der Waals surface area contributed by atoms with Crippen LogP contribution >= 0.6 is 27.0 Å². The van der Waals surface area contributed by atoms with Gasteiger partial charge in [0, 0.05) is 0 Å². The summed E-state index contributed by atoms with van der Waals surface area (Å²) in [5.41, 5.74) is 0. The Labute approximate surface area is 52.3 Å². The highest BCUT2D eigenvalue weighted by molar-refractivity contribution is 7.59. The van der Waals surface area contributed by atoms with Crippen molar-refractivity contribution in [2.24, 2.45) is 0 Å². The lowest BCUT2D eigenvalue weighted by atomic mass is 14.0. The zero-order valence-corrected chi connectivity index (χ0v) is 5.83. The second-order valence-corrected chi connectivity index (χ2v) is 0. The van der Waals surface area contributed by atoms with Crippen molar-refractivity contribution in [3.05, 3.63) is 0 Å². The summed E-state index contributed by atoms with van der Waals surface area (Å²) in [7, 11) is 0. The van der Waals surface area contributed by atoms with Crippen LogP contribution in [0.3, 0.4) is 0 Å². The lowest BCUT2D eigenvalue weighted by Crippen LogP contribution is -0.482. The summed E-state index contributed by atoms with van der Waals surface area (Å²) in [6.45, 7) is 0. The fourth-order valence-electron chi connectivity index (χ4n) is 0. The highest BCUT2D eigenvalue weighted by Gasteiger charge is -0.196. The SMILES string of the molecule is N.N.N.N.S.S. The van der Waals surface area contributed by atoms with Crippen molar-refractivity contribution in [3.63, 3.8) is 0 Å². The molecule has 0 aliphatic carbocycles. The van der Waals surface area contributed by atoms with E-state index >= 15 is 0 Å². The van der Waals surface area contributed by atoms with Gasteiger partial charge in [-0.1, -0.05) is 0 Å². The Kier molecular flexibility index (Phi) is 44900. The summed E-state index contributed by atoms with van der Waals surface area (Å²) in [6.07, 6.45) is 0. The van der Waals surface area contributed by atoms with Crippen LogP contribution in [0.4, 0.5) is 0 Å². The summed E-state index contributed by atoms with van der Waals surface area (Å²) >= 11 is 0. The third-order valence-corrected chi connectivity index (χ3v) is 0. The molecule has 0 saturated carbocycles. The Bertz CT molecular complexity index is 5.51. The Morgan fingerprint density at radius 2 is 0.333 bits per heavy atom. The molecule has 0 unspecified atom stereocenters. The van der Waals surface area contributed by atoms with E-state index < -0.39 is 0 Å². The maximum atomic E-state index is 0. The van der Waals surface area contributed by atoms with Crippen LogP contribution in [-0.2, 0) is 0 Å². The minimum absolute atomic E-state index is 0. The maximum Gasteiger partial charge on any atom is -0.197 e. The molecule has 0 bridgehead atoms. The van der Waals surface area contributed by atoms with Crippen molar-refractivity contribution in [1.29, 1.82) is 0 Å². The first-order chi connectivity index (χ1) is 0. The number of rotatable bonds is 0. The van der Waals surface area contributed by atoms with Crippen LogP contribution in [0.2, 0.25) is 0 Å². The van der Waals surface area contributed by atoms with Crippen LogP contribution in [0.25, 0.3) is 0 Å². The van der Waals surface area contributed by atoms with E-state index in [1.54, 1.807) is 0 Å². The van der Waals surface area contributed by atoms with Gasteiger partial charge in [-0.05, 0) is 0 Å². The van der Waals surface area contributed by atoms with Crippen LogP contribution in [-0.4, -0.2) is 0 Å². The van der Waals surface area contributed by atoms with Gasteiger partial charge < -0.3 is 24.6 Å². The molecule has 0 rings (SSSR count). The first-order valence-corrected chi connectivity index (χ1v) is 0. The molecule has 0 aliphatic rings. The summed E-state index contributed by atoms with van der Waals surface area (Å²) in [5.74, 6) is 0. The molecular weight excluding hydrogens is 120 g/mol. The summed E-state index contributed by atoms with van der Waals surface area (Å²) in [6, 6.07) is 0. The molecule has 0 radical (unpaired) electrons. The summed E-state index contributed by atoms with van der Waals surface area (Å²) in [4.78, 5) is 0. The smallest absolute Gasteiger partial charge is 0.197 e. The first-order valence-electron chi connectivity index (χ1n) is 0. The van der Waals surface area contributed by atoms with E-state index in [-0.39, 0.29) is 51.6 Å². The van der Waals surface area contributed by atoms with Gasteiger partial charge in [0.25, 0.3) is 0 Å². The average molecular weight is 136 g/mol. The van der Waals surface area contributed by atoms with E-state index in [1.165, 1.54) is 0 Å². The van der Waals surface area contributed by atoms with E-state index in [1.807, 2.05) is 0 Å². The fourth-order valence-corrected chi connectivity index (χ4v) is 0. The second-order valence-electron chi connectivity index (χ2n) is 0. The van der Waals surface area contributed by atoms with E-state index in [9.17, 15) is 0 Å². The van der Waals surface area contributed by atoms with Gasteiger partial charge in [0.15, 0.2) is 0 Å². The van der Waals surface area contributed by atoms with Crippen molar-refractivity contribution in [2.75, 3.05) is 0 Å². The Balaban J connectivity index is 0. The van der Waals surface area contributed by atoms with Crippen molar-refractivity contribution >= 4 is 27.0 Å². The standard InChI is InChI=1S/4H3N.2H2S/h4*1H3;2*1H2. The molecule has 4 nitrogen and oxygen atoms in total. The van der Waals surface area contributed by atoms with Crippen LogP contribution in [0.1, 0.15) is 0 Å². The summed E-state index contributed by atoms with van der Waals surface area (Å²) in [5, 5.41) is 0. The predicted octanol–water partition coefficient (Wildman–Crippen LogP) is 0.874. The van der Waals surface area contributed by atoms with Crippen molar-refractivity contribution in [2.45, 2.75) is 0 Å². The molecule has 0 aliphatic heterocycles. The molecule has 0 atom stereocenters. The van der Waals surface area contributed by atoms with E-state index in [0.717, 1.165) is 0 Å². The molecule has 0 amide bonds. The Hall–Kier alpha value is 0.540. The molecule has 6 heavy (non-hydrogen) atoms. The molecule has 0 aromatic rings. The van der Waals surface area contributed by atoms with Gasteiger partial charge in [-0.2, -0.15) is 27.0 Å². The monoisotopic (exact) mass is 136 g/mol. The van der Waals surface area contributed by atoms with Gasteiger partial charge in [-0.25, -0.2) is 0 Å². The largest absolute Gasteiger partial charge is 0.344 e. The minimum Gasteiger partial charge on any atom is -0.344 e. The minimum atomic E-state index is 0. The van der Waals surface area contributed by atoms with Crippen molar-refractivity contribution in [1.82, 2.24) is 24.6 Å². The van der Waals surface area contributed by atoms with E-state index in [2.05, 4.69) is 0 Å². The van der Waals surface area contributed by atoms with Gasteiger partial charge >= 0.3 is 0 Å². The molecule has 0 spiro atoms. The van der Waals surface area contributed by atoms with Gasteiger partial charge in [0.1, 0.15) is 0 Å². The Morgan fingerprint density at radius 3 is 0.333 bits per heavy atom. The normalized spacial score (nSPS) is 0. The molecular formula is H16N4S2. The maximum absolute atomic E-state index is 0. The zero-order valence-electron chi connectivity index (χ0n) is 3.83. The molecule has 0 fully saturated rings. The quantitative estimate of drug-likeness (QED) is 0.392. The third-order valence-electron chi connectivity index (χ3n) is 0. The predicted molar refractivity (Wildman–Crippen MR) is 40.9 cm³/mol. The molecule has 48 valence electrons. The van der Waals surface area contributed by atoms with Gasteiger partial charge in [-0.3, -0.25) is 0 Å². The second kappa shape index (κ2) is 392. The van der Waals surface area contributed by atoms with Gasteiger partial charge in [0.05, 0.1) is 0 Å². The molecule has 0 aromatic carbocycles. The summed E-state index contributed by atoms with van der Waals surface area (Å²) < 4.78 is 0. The van der Waals surface area contributed by atoms with E-state index in [0.29, 0.717) is 0 Å². The highest BCUT2D eigenvalue weighted by atomic mass is 32.1. The molecule has 0 aromatic heterocycles. The third kappa shape index (κ3) is 195.